The molecule has 9 atom stereocenters. The molecule has 0 saturated carbocycles. The number of aromatic amines is 2. The van der Waals surface area contributed by atoms with E-state index in [1.54, 1.807) is 0 Å². The van der Waals surface area contributed by atoms with E-state index >= 15 is 0 Å². The van der Waals surface area contributed by atoms with Gasteiger partial charge < -0.3 is 44.6 Å². The van der Waals surface area contributed by atoms with Gasteiger partial charge in [0.1, 0.15) is 36.1 Å². The summed E-state index contributed by atoms with van der Waals surface area (Å²) in [6, 6.07) is 12.9. The molecule has 4 amide bonds. The quantitative estimate of drug-likeness (QED) is 0.0966. The van der Waals surface area contributed by atoms with E-state index in [2.05, 4.69) is 63.9 Å². The lowest BCUT2D eigenvalue weighted by Gasteiger charge is -2.38. The van der Waals surface area contributed by atoms with Crippen LogP contribution in [0.1, 0.15) is 109 Å². The van der Waals surface area contributed by atoms with Crippen molar-refractivity contribution in [1.82, 2.24) is 40.4 Å². The Kier molecular flexibility index (Phi) is 11.9. The molecule has 0 bridgehead atoms. The number of alkyl carbamates (subject to hydrolysis) is 1. The van der Waals surface area contributed by atoms with Crippen LogP contribution in [0.5, 0.6) is 5.75 Å². The molecule has 3 aromatic carbocycles. The van der Waals surface area contributed by atoms with Crippen LogP contribution in [-0.4, -0.2) is 98.0 Å². The van der Waals surface area contributed by atoms with Crippen LogP contribution in [0.4, 0.5) is 4.79 Å². The molecule has 0 spiro atoms. The van der Waals surface area contributed by atoms with E-state index in [0.29, 0.717) is 38.3 Å². The molecule has 15 nitrogen and oxygen atoms in total. The summed E-state index contributed by atoms with van der Waals surface area (Å²) in [7, 11) is 1.30. The molecule has 2 aromatic heterocycles. The molecule has 4 aliphatic rings. The average molecular weight is 873 g/mol. The average Bonchev–Trinajstić information content (AvgIpc) is 4.11. The third kappa shape index (κ3) is 7.96. The lowest BCUT2D eigenvalue weighted by molar-refractivity contribution is -0.140. The van der Waals surface area contributed by atoms with Crippen molar-refractivity contribution in [3.8, 4) is 28.1 Å². The maximum Gasteiger partial charge on any atom is 0.407 e. The van der Waals surface area contributed by atoms with Crippen molar-refractivity contribution < 1.29 is 33.4 Å². The van der Waals surface area contributed by atoms with Gasteiger partial charge in [-0.05, 0) is 117 Å². The number of nitrogens with one attached hydrogen (secondary N) is 4. The predicted molar refractivity (Wildman–Crippen MR) is 242 cm³/mol. The molecule has 5 aromatic rings. The summed E-state index contributed by atoms with van der Waals surface area (Å²) in [6.45, 7) is 13.1. The SMILES string of the molecule is CC[C@H]1CC(c2ncc(-c3ccc4c(c3)COc3cc5c(ccc6nc(C7CC[C@H](C)N7C(=O)[C@@H](NC(=O)OC)C(C)C)[nH]c65)cc3-4)[nH]2)N(C(=O)C(NC=O)[C@@H]2CC(C)O[C@H](C)C2)C1. The molecule has 6 heterocycles. The summed E-state index contributed by atoms with van der Waals surface area (Å²) in [5.74, 6) is 2.22. The maximum atomic E-state index is 14.3. The van der Waals surface area contributed by atoms with Crippen LogP contribution in [0.3, 0.4) is 0 Å². The van der Waals surface area contributed by atoms with E-state index in [0.717, 1.165) is 92.8 Å². The number of imidazole rings is 2. The van der Waals surface area contributed by atoms with Gasteiger partial charge in [0.25, 0.3) is 0 Å². The van der Waals surface area contributed by atoms with Gasteiger partial charge in [-0.2, -0.15) is 0 Å². The number of carbonyl (C=O) groups is 4. The number of amides is 4. The number of H-pyrrole nitrogens is 2. The van der Waals surface area contributed by atoms with Crippen LogP contribution in [0.15, 0.2) is 48.7 Å². The molecule has 338 valence electrons. The Morgan fingerprint density at radius 2 is 1.75 bits per heavy atom. The molecule has 64 heavy (non-hydrogen) atoms. The van der Waals surface area contributed by atoms with E-state index in [1.165, 1.54) is 7.11 Å². The lowest BCUT2D eigenvalue weighted by atomic mass is 9.85. The van der Waals surface area contributed by atoms with Crippen LogP contribution < -0.4 is 15.4 Å². The number of fused-ring (bicyclic) bond motifs is 6. The second-order valence-corrected chi connectivity index (χ2v) is 18.8. The van der Waals surface area contributed by atoms with Crippen molar-refractivity contribution in [1.29, 1.82) is 0 Å². The summed E-state index contributed by atoms with van der Waals surface area (Å²) in [5.41, 5.74) is 6.66. The number of aromatic nitrogens is 4. The van der Waals surface area contributed by atoms with Crippen LogP contribution in [0.25, 0.3) is 44.2 Å². The van der Waals surface area contributed by atoms with Gasteiger partial charge in [0.15, 0.2) is 0 Å². The first-order valence-corrected chi connectivity index (χ1v) is 23.0. The number of rotatable bonds is 11. The van der Waals surface area contributed by atoms with E-state index in [4.69, 9.17) is 24.2 Å². The van der Waals surface area contributed by atoms with Gasteiger partial charge in [-0.15, -0.1) is 0 Å². The fourth-order valence-corrected chi connectivity index (χ4v) is 10.9. The molecule has 3 fully saturated rings. The van der Waals surface area contributed by atoms with E-state index < -0.39 is 18.2 Å². The second-order valence-electron chi connectivity index (χ2n) is 18.8. The summed E-state index contributed by atoms with van der Waals surface area (Å²) in [4.78, 5) is 73.2. The number of benzene rings is 3. The minimum atomic E-state index is -0.726. The standard InChI is InChI=1S/C49H60N8O7/c1-8-29-17-40(56(22-29)47(59)43(51-24-58)32-15-27(5)64-28(6)16-32)45-50-21-38(53-45)31-10-12-34-33(18-31)23-63-41-20-35-30(19-36(34)41)11-13-37-44(35)54-46(52-37)39-14-9-26(4)57(39)48(60)42(25(2)3)55-49(61)62-7/h10-13,18-21,24-29,32,39-40,42-43H,8-9,14-17,22-23H2,1-7H3,(H,50,53)(H,51,58)(H,52,54)(H,55,61)/t26-,27+,28?,29-,32-,39?,40?,42-,43?/m0/s1. The summed E-state index contributed by atoms with van der Waals surface area (Å²) in [6.07, 6.45) is 6.63. The molecule has 4 N–H and O–H groups in total. The van der Waals surface area contributed by atoms with Crippen molar-refractivity contribution in [2.75, 3.05) is 13.7 Å². The Morgan fingerprint density at radius 1 is 0.953 bits per heavy atom. The molecule has 4 aliphatic heterocycles. The molecule has 0 radical (unpaired) electrons. The third-order valence-corrected chi connectivity index (χ3v) is 14.2. The van der Waals surface area contributed by atoms with E-state index in [9.17, 15) is 19.2 Å². The number of likely N-dealkylation sites (tertiary alicyclic amines) is 2. The van der Waals surface area contributed by atoms with E-state index in [-0.39, 0.29) is 54.0 Å². The number of hydrogen-bond acceptors (Lipinski definition) is 9. The van der Waals surface area contributed by atoms with Crippen molar-refractivity contribution in [3.63, 3.8) is 0 Å². The van der Waals surface area contributed by atoms with Crippen LogP contribution in [0, 0.1) is 17.8 Å². The molecular weight excluding hydrogens is 813 g/mol. The number of methoxy groups -OCH3 is 1. The highest BCUT2D eigenvalue weighted by molar-refractivity contribution is 6.07. The molecular formula is C49H60N8O7. The zero-order chi connectivity index (χ0) is 45.0. The van der Waals surface area contributed by atoms with Gasteiger partial charge in [-0.25, -0.2) is 14.8 Å². The zero-order valence-corrected chi connectivity index (χ0v) is 37.8. The van der Waals surface area contributed by atoms with Crippen molar-refractivity contribution in [3.05, 3.63) is 65.9 Å². The Morgan fingerprint density at radius 3 is 2.48 bits per heavy atom. The molecule has 15 heteroatoms. The first-order chi connectivity index (χ1) is 30.8. The van der Waals surface area contributed by atoms with Gasteiger partial charge in [0.2, 0.25) is 18.2 Å². The predicted octanol–water partition coefficient (Wildman–Crippen LogP) is 7.72. The van der Waals surface area contributed by atoms with Gasteiger partial charge in [-0.3, -0.25) is 14.4 Å². The smallest absolute Gasteiger partial charge is 0.407 e. The van der Waals surface area contributed by atoms with Gasteiger partial charge in [0, 0.05) is 23.5 Å². The normalized spacial score (nSPS) is 25.2. The van der Waals surface area contributed by atoms with Crippen molar-refractivity contribution in [2.45, 2.75) is 129 Å². The van der Waals surface area contributed by atoms with Gasteiger partial charge in [0.05, 0.1) is 54.3 Å². The summed E-state index contributed by atoms with van der Waals surface area (Å²) >= 11 is 0. The Balaban J connectivity index is 0.962. The first-order valence-electron chi connectivity index (χ1n) is 23.0. The topological polar surface area (TPSA) is 184 Å². The second kappa shape index (κ2) is 17.5. The molecule has 0 aliphatic carbocycles. The highest BCUT2D eigenvalue weighted by atomic mass is 16.5. The molecule has 3 saturated heterocycles. The monoisotopic (exact) mass is 872 g/mol. The minimum Gasteiger partial charge on any atom is -0.488 e. The highest BCUT2D eigenvalue weighted by Gasteiger charge is 2.44. The van der Waals surface area contributed by atoms with E-state index in [1.807, 2.05) is 56.7 Å². The van der Waals surface area contributed by atoms with Crippen LogP contribution in [0.2, 0.25) is 0 Å². The Bertz CT molecular complexity index is 2580. The van der Waals surface area contributed by atoms with Gasteiger partial charge in [-0.1, -0.05) is 45.4 Å². The highest BCUT2D eigenvalue weighted by Crippen LogP contribution is 2.44. The minimum absolute atomic E-state index is 0.0106. The number of hydrogen-bond donors (Lipinski definition) is 4. The summed E-state index contributed by atoms with van der Waals surface area (Å²) < 4.78 is 17.3. The lowest BCUT2D eigenvalue weighted by Crippen LogP contribution is -2.52. The van der Waals surface area contributed by atoms with Crippen molar-refractivity contribution >= 4 is 46.1 Å². The Labute approximate surface area is 373 Å². The fraction of sp³-hybridized carbons (Fsp3) is 0.510. The number of carbonyl (C=O) groups excluding carboxylic acids is 4. The third-order valence-electron chi connectivity index (χ3n) is 14.2. The number of ether oxygens (including phenoxy) is 3. The molecule has 9 rings (SSSR count). The van der Waals surface area contributed by atoms with Crippen LogP contribution in [-0.2, 0) is 30.5 Å². The van der Waals surface area contributed by atoms with Crippen LogP contribution >= 0.6 is 0 Å². The van der Waals surface area contributed by atoms with Gasteiger partial charge >= 0.3 is 6.09 Å². The maximum absolute atomic E-state index is 14.3. The largest absolute Gasteiger partial charge is 0.488 e. The Hall–Kier alpha value is -5.96. The summed E-state index contributed by atoms with van der Waals surface area (Å²) in [5, 5.41) is 7.64. The first kappa shape index (κ1) is 43.3. The number of nitrogens with zero attached hydrogens (tertiary/aromatic N) is 4. The molecule has 4 unspecified atom stereocenters. The fourth-order valence-electron chi connectivity index (χ4n) is 10.9. The van der Waals surface area contributed by atoms with Crippen molar-refractivity contribution in [2.24, 2.45) is 17.8 Å². The zero-order valence-electron chi connectivity index (χ0n) is 37.8.